The summed E-state index contributed by atoms with van der Waals surface area (Å²) in [4.78, 5) is 0. The van der Waals surface area contributed by atoms with Gasteiger partial charge in [0.05, 0.1) is 14.2 Å². The fourth-order valence-corrected chi connectivity index (χ4v) is 1.57. The van der Waals surface area contributed by atoms with E-state index in [9.17, 15) is 5.11 Å². The van der Waals surface area contributed by atoms with Gasteiger partial charge in [0.1, 0.15) is 0 Å². The van der Waals surface area contributed by atoms with Gasteiger partial charge in [0.2, 0.25) is 0 Å². The van der Waals surface area contributed by atoms with Gasteiger partial charge < -0.3 is 5.11 Å². The van der Waals surface area contributed by atoms with Gasteiger partial charge >= 0.3 is 67.8 Å². The van der Waals surface area contributed by atoms with Crippen molar-refractivity contribution in [3.8, 4) is 0 Å². The molecule has 0 aliphatic heterocycles. The molecule has 11 heteroatoms. The topological polar surface area (TPSA) is 140 Å². The predicted molar refractivity (Wildman–Crippen MR) is 82.4 cm³/mol. The maximum Gasteiger partial charge on any atom is 0 e. The van der Waals surface area contributed by atoms with Crippen LogP contribution >= 0.6 is 15.9 Å². The fraction of sp³-hybridized carbons (Fsp3) is 0.467. The second-order valence-corrected chi connectivity index (χ2v) is 9.41. The predicted octanol–water partition coefficient (Wildman–Crippen LogP) is 2.33. The van der Waals surface area contributed by atoms with Crippen molar-refractivity contribution in [1.29, 1.82) is 0 Å². The summed E-state index contributed by atoms with van der Waals surface area (Å²) >= 11 is 3.32. The quantitative estimate of drug-likeness (QED) is 0.246. The van der Waals surface area contributed by atoms with Crippen LogP contribution in [0.2, 0.25) is 19.6 Å². The Morgan fingerprint density at radius 3 is 1.27 bits per heavy atom. The zero-order valence-electron chi connectivity index (χ0n) is 14.1. The average Bonchev–Trinajstić information content (AvgIpc) is 2.67. The Labute approximate surface area is 185 Å². The number of aliphatic hydroxyl groups excluding tert-OH is 1. The molecule has 0 bridgehead atoms. The summed E-state index contributed by atoms with van der Waals surface area (Å²) in [5.41, 5.74) is 3.15. The molecule has 0 saturated heterocycles. The Morgan fingerprint density at radius 2 is 1.08 bits per heavy atom. The van der Waals surface area contributed by atoms with Crippen molar-refractivity contribution < 1.29 is 66.6 Å². The largest absolute Gasteiger partial charge is 0 e. The molecule has 26 heavy (non-hydrogen) atoms. The first-order valence-corrected chi connectivity index (χ1v) is 10.1. The number of alkyl halides is 1. The SMILES string of the molecule is C[Si](C)(C)[C]=[C]C(O)CCCBr.[C-]#[O+].[C-]#[O+].[C-]#[O+].[C-]#[O+].[C-]#[O+].[C-]#[O+].[Co].[Co]. The summed E-state index contributed by atoms with van der Waals surface area (Å²) in [6.45, 7) is 33.5. The molecule has 148 valence electrons. The molecule has 0 aliphatic carbocycles. The first kappa shape index (κ1) is 56.2. The number of rotatable bonds is 5. The maximum absolute atomic E-state index is 9.37. The van der Waals surface area contributed by atoms with Crippen LogP contribution in [0.1, 0.15) is 12.8 Å². The number of aliphatic hydroxyl groups is 1. The van der Waals surface area contributed by atoms with E-state index in [-0.39, 0.29) is 33.6 Å². The van der Waals surface area contributed by atoms with Crippen LogP contribution in [-0.2, 0) is 61.5 Å². The van der Waals surface area contributed by atoms with Crippen molar-refractivity contribution in [3.05, 3.63) is 51.7 Å². The standard InChI is InChI=1S/C9H17BrOSi.6CO.2Co/c1-12(2,3)8-6-9(11)5-4-7-10;6*1-2;;/h9,11H,4-5,7H2,1-3H3;;;;;;;;. The summed E-state index contributed by atoms with van der Waals surface area (Å²) in [5, 5.41) is 10.3. The zero-order chi connectivity index (χ0) is 21.6. The van der Waals surface area contributed by atoms with Crippen LogP contribution in [0, 0.1) is 51.7 Å². The molecule has 0 fully saturated rings. The van der Waals surface area contributed by atoms with Crippen molar-refractivity contribution in [3.63, 3.8) is 0 Å². The normalized spacial score (nSPS) is 7.58. The van der Waals surface area contributed by atoms with Gasteiger partial charge in [0.15, 0.2) is 0 Å². The Bertz CT molecular complexity index is 312. The van der Waals surface area contributed by atoms with Gasteiger partial charge in [-0.25, -0.2) is 0 Å². The summed E-state index contributed by atoms with van der Waals surface area (Å²) in [5.74, 6) is 0. The van der Waals surface area contributed by atoms with E-state index in [0.29, 0.717) is 0 Å². The number of hydrogen-bond acceptors (Lipinski definition) is 1. The number of hydrogen-bond donors (Lipinski definition) is 1. The Kier molecular flexibility index (Phi) is 159. The van der Waals surface area contributed by atoms with Gasteiger partial charge in [-0.05, 0) is 18.9 Å². The smallest absolute Gasteiger partial charge is 0 e. The summed E-state index contributed by atoms with van der Waals surface area (Å²) < 4.78 is 45.0. The summed E-state index contributed by atoms with van der Waals surface area (Å²) in [6, 6.07) is 0. The first-order chi connectivity index (χ1) is 11.5. The van der Waals surface area contributed by atoms with Crippen LogP contribution in [0.4, 0.5) is 0 Å². The Hall–Kier alpha value is -0.150. The molecule has 0 aromatic rings. The Balaban J connectivity index is -0.0000000252. The molecule has 0 heterocycles. The molecule has 1 atom stereocenters. The van der Waals surface area contributed by atoms with Crippen molar-refractivity contribution >= 4 is 24.0 Å². The van der Waals surface area contributed by atoms with Gasteiger partial charge in [-0.1, -0.05) is 41.3 Å². The van der Waals surface area contributed by atoms with E-state index in [1.807, 2.05) is 0 Å². The third-order valence-electron chi connectivity index (χ3n) is 1.22. The molecule has 0 aromatic carbocycles. The van der Waals surface area contributed by atoms with Crippen LogP contribution in [0.15, 0.2) is 0 Å². The van der Waals surface area contributed by atoms with Crippen molar-refractivity contribution in [1.82, 2.24) is 0 Å². The van der Waals surface area contributed by atoms with Crippen LogP contribution in [0.3, 0.4) is 0 Å². The van der Waals surface area contributed by atoms with Crippen LogP contribution in [-0.4, -0.2) is 24.6 Å². The average molecular weight is 535 g/mol. The van der Waals surface area contributed by atoms with Crippen LogP contribution in [0.25, 0.3) is 0 Å². The monoisotopic (exact) mass is 534 g/mol. The van der Waals surface area contributed by atoms with E-state index < -0.39 is 14.2 Å². The minimum Gasteiger partial charge on any atom is 0 e. The van der Waals surface area contributed by atoms with E-state index in [1.54, 1.807) is 0 Å². The molecule has 7 nitrogen and oxygen atoms in total. The second kappa shape index (κ2) is 73.7. The molecule has 1 N–H and O–H groups in total. The minimum atomic E-state index is -1.29. The van der Waals surface area contributed by atoms with Crippen molar-refractivity contribution in [2.45, 2.75) is 38.6 Å². The molecule has 1 unspecified atom stereocenters. The summed E-state index contributed by atoms with van der Waals surface area (Å²) in [7, 11) is -1.29. The van der Waals surface area contributed by atoms with Crippen molar-refractivity contribution in [2.24, 2.45) is 0 Å². The molecule has 0 saturated carbocycles. The molecule has 0 aromatic heterocycles. The van der Waals surface area contributed by atoms with Gasteiger partial charge in [-0.15, -0.1) is 0 Å². The van der Waals surface area contributed by atoms with Gasteiger partial charge in [-0.3, -0.25) is 0 Å². The van der Waals surface area contributed by atoms with Crippen LogP contribution < -0.4 is 0 Å². The van der Waals surface area contributed by atoms with Crippen LogP contribution in [0.5, 0.6) is 0 Å². The molecule has 0 amide bonds. The zero-order valence-corrected chi connectivity index (χ0v) is 18.8. The van der Waals surface area contributed by atoms with E-state index in [1.165, 1.54) is 0 Å². The molecule has 0 aliphatic rings. The minimum absolute atomic E-state index is 0. The van der Waals surface area contributed by atoms with Gasteiger partial charge in [-0.2, -0.15) is 0 Å². The molecule has 0 spiro atoms. The van der Waals surface area contributed by atoms with E-state index in [4.69, 9.17) is 27.9 Å². The molecular weight excluding hydrogens is 518 g/mol. The third kappa shape index (κ3) is 128. The fourth-order valence-electron chi connectivity index (χ4n) is 0.642. The first-order valence-electron chi connectivity index (χ1n) is 5.45. The molecular formula is C15H17BrCo2O7Si. The maximum atomic E-state index is 9.37. The van der Waals surface area contributed by atoms with E-state index in [2.05, 4.69) is 87.2 Å². The Morgan fingerprint density at radius 1 is 0.808 bits per heavy atom. The number of halogens is 1. The van der Waals surface area contributed by atoms with Gasteiger partial charge in [0.25, 0.3) is 0 Å². The van der Waals surface area contributed by atoms with E-state index in [0.717, 1.165) is 18.2 Å². The second-order valence-electron chi connectivity index (χ2n) is 3.87. The molecule has 4 radical (unpaired) electrons. The van der Waals surface area contributed by atoms with E-state index >= 15 is 0 Å². The van der Waals surface area contributed by atoms with Gasteiger partial charge in [0, 0.05) is 38.9 Å². The third-order valence-corrected chi connectivity index (χ3v) is 2.68. The van der Waals surface area contributed by atoms with Crippen molar-refractivity contribution in [2.75, 3.05) is 5.33 Å². The summed E-state index contributed by atoms with van der Waals surface area (Å²) in [6.07, 6.45) is 4.25. The molecule has 0 rings (SSSR count).